The molecule has 3 aliphatic rings. The number of nitriles is 1. The summed E-state index contributed by atoms with van der Waals surface area (Å²) < 4.78 is 6.09. The maximum Gasteiger partial charge on any atom is 0.0980 e. The van der Waals surface area contributed by atoms with Gasteiger partial charge in [-0.1, -0.05) is 0 Å². The van der Waals surface area contributed by atoms with Crippen molar-refractivity contribution < 1.29 is 4.74 Å². The van der Waals surface area contributed by atoms with Crippen LogP contribution in [0.2, 0.25) is 0 Å². The average molecular weight is 266 g/mol. The molecule has 3 unspecified atom stereocenters. The monoisotopic (exact) mass is 266 g/mol. The van der Waals surface area contributed by atoms with Crippen LogP contribution in [0.1, 0.15) is 38.5 Å². The molecule has 0 radical (unpaired) electrons. The summed E-state index contributed by atoms with van der Waals surface area (Å²) in [5.74, 6) is 2.41. The van der Waals surface area contributed by atoms with Crippen molar-refractivity contribution in [3.8, 4) is 6.07 Å². The highest BCUT2D eigenvalue weighted by Crippen LogP contribution is 2.40. The minimum Gasteiger partial charge on any atom is -0.374 e. The second-order valence-corrected chi connectivity index (χ2v) is 6.96. The molecule has 3 heterocycles. The van der Waals surface area contributed by atoms with Crippen LogP contribution < -0.4 is 0 Å². The minimum absolute atomic E-state index is 0.144. The highest BCUT2D eigenvalue weighted by molar-refractivity contribution is 7.99. The molecule has 0 bridgehead atoms. The molecule has 3 nitrogen and oxygen atoms in total. The first-order valence-corrected chi connectivity index (χ1v) is 8.36. The third kappa shape index (κ3) is 2.41. The van der Waals surface area contributed by atoms with Gasteiger partial charge in [0.25, 0.3) is 0 Å². The summed E-state index contributed by atoms with van der Waals surface area (Å²) in [6.07, 6.45) is 7.02. The Bertz CT molecular complexity index is 335. The lowest BCUT2D eigenvalue weighted by Crippen LogP contribution is -2.53. The zero-order valence-electron chi connectivity index (χ0n) is 10.9. The number of piperidine rings is 1. The van der Waals surface area contributed by atoms with Crippen molar-refractivity contribution in [3.05, 3.63) is 0 Å². The lowest BCUT2D eigenvalue weighted by Gasteiger charge is -2.45. The molecule has 0 saturated carbocycles. The Morgan fingerprint density at radius 3 is 3.06 bits per heavy atom. The number of thioether (sulfide) groups is 1. The Hall–Kier alpha value is -0.240. The van der Waals surface area contributed by atoms with Crippen molar-refractivity contribution in [3.63, 3.8) is 0 Å². The van der Waals surface area contributed by atoms with E-state index >= 15 is 0 Å². The van der Waals surface area contributed by atoms with Crippen molar-refractivity contribution in [2.75, 3.05) is 24.7 Å². The van der Waals surface area contributed by atoms with Crippen molar-refractivity contribution in [1.82, 2.24) is 4.90 Å². The maximum atomic E-state index is 9.32. The predicted octanol–water partition coefficient (Wildman–Crippen LogP) is 2.42. The fraction of sp³-hybridized carbons (Fsp3) is 0.929. The predicted molar refractivity (Wildman–Crippen MR) is 73.6 cm³/mol. The van der Waals surface area contributed by atoms with E-state index < -0.39 is 0 Å². The van der Waals surface area contributed by atoms with Crippen molar-refractivity contribution in [2.45, 2.75) is 56.2 Å². The molecule has 3 aliphatic heterocycles. The largest absolute Gasteiger partial charge is 0.374 e. The molecule has 100 valence electrons. The van der Waals surface area contributed by atoms with Gasteiger partial charge in [0.2, 0.25) is 0 Å². The van der Waals surface area contributed by atoms with Gasteiger partial charge in [-0.25, -0.2) is 0 Å². The first kappa shape index (κ1) is 12.8. The summed E-state index contributed by atoms with van der Waals surface area (Å²) in [6, 6.07) is 3.26. The lowest BCUT2D eigenvalue weighted by atomic mass is 9.87. The number of ether oxygens (including phenoxy) is 1. The van der Waals surface area contributed by atoms with Crippen LogP contribution in [0.3, 0.4) is 0 Å². The van der Waals surface area contributed by atoms with Crippen LogP contribution in [-0.4, -0.2) is 47.2 Å². The van der Waals surface area contributed by atoms with E-state index in [2.05, 4.69) is 11.0 Å². The summed E-state index contributed by atoms with van der Waals surface area (Å²) in [5.41, 5.74) is 0.144. The minimum atomic E-state index is 0.144. The Morgan fingerprint density at radius 1 is 1.33 bits per heavy atom. The molecule has 4 heteroatoms. The second-order valence-electron chi connectivity index (χ2n) is 5.86. The normalized spacial score (nSPS) is 41.9. The van der Waals surface area contributed by atoms with Gasteiger partial charge in [-0.3, -0.25) is 4.90 Å². The Kier molecular flexibility index (Phi) is 3.83. The average Bonchev–Trinajstić information content (AvgIpc) is 2.86. The fourth-order valence-electron chi connectivity index (χ4n) is 3.68. The van der Waals surface area contributed by atoms with Gasteiger partial charge in [-0.05, 0) is 50.8 Å². The molecule has 0 aromatic rings. The molecule has 3 rings (SSSR count). The van der Waals surface area contributed by atoms with Crippen molar-refractivity contribution in [1.29, 1.82) is 5.26 Å². The quantitative estimate of drug-likeness (QED) is 0.730. The van der Waals surface area contributed by atoms with Gasteiger partial charge in [-0.2, -0.15) is 17.0 Å². The van der Waals surface area contributed by atoms with Crippen molar-refractivity contribution >= 4 is 11.8 Å². The molecule has 0 amide bonds. The van der Waals surface area contributed by atoms with Crippen LogP contribution in [-0.2, 0) is 4.74 Å². The summed E-state index contributed by atoms with van der Waals surface area (Å²) >= 11 is 2.03. The number of nitrogens with zero attached hydrogens (tertiary/aromatic N) is 2. The third-order valence-electron chi connectivity index (χ3n) is 4.70. The topological polar surface area (TPSA) is 36.3 Å². The smallest absolute Gasteiger partial charge is 0.0980 e. The first-order chi connectivity index (χ1) is 8.83. The molecule has 0 aromatic carbocycles. The molecule has 1 spiro atoms. The summed E-state index contributed by atoms with van der Waals surface area (Å²) in [5, 5.41) is 9.32. The van der Waals surface area contributed by atoms with E-state index in [0.29, 0.717) is 6.04 Å². The molecule has 0 aliphatic carbocycles. The van der Waals surface area contributed by atoms with Gasteiger partial charge in [0.05, 0.1) is 17.7 Å². The highest BCUT2D eigenvalue weighted by atomic mass is 32.2. The van der Waals surface area contributed by atoms with E-state index in [1.54, 1.807) is 0 Å². The van der Waals surface area contributed by atoms with Crippen LogP contribution in [0.15, 0.2) is 0 Å². The molecular formula is C14H22N2OS. The van der Waals surface area contributed by atoms with Gasteiger partial charge in [0.15, 0.2) is 0 Å². The molecular weight excluding hydrogens is 244 g/mol. The number of likely N-dealkylation sites (tertiary alicyclic amines) is 1. The molecule has 3 atom stereocenters. The Morgan fingerprint density at radius 2 is 2.28 bits per heavy atom. The fourth-order valence-corrected chi connectivity index (χ4v) is 5.06. The summed E-state index contributed by atoms with van der Waals surface area (Å²) in [6.45, 7) is 2.01. The lowest BCUT2D eigenvalue weighted by molar-refractivity contribution is -0.0952. The maximum absolute atomic E-state index is 9.32. The van der Waals surface area contributed by atoms with Crippen LogP contribution in [0.4, 0.5) is 0 Å². The van der Waals surface area contributed by atoms with Crippen LogP contribution in [0.5, 0.6) is 0 Å². The molecule has 3 fully saturated rings. The van der Waals surface area contributed by atoms with Gasteiger partial charge < -0.3 is 4.74 Å². The van der Waals surface area contributed by atoms with Gasteiger partial charge >= 0.3 is 0 Å². The van der Waals surface area contributed by atoms with E-state index in [1.807, 2.05) is 11.8 Å². The van der Waals surface area contributed by atoms with Gasteiger partial charge in [0.1, 0.15) is 0 Å². The van der Waals surface area contributed by atoms with Crippen molar-refractivity contribution in [2.24, 2.45) is 0 Å². The number of hydrogen-bond donors (Lipinski definition) is 0. The molecule has 18 heavy (non-hydrogen) atoms. The van der Waals surface area contributed by atoms with Crippen LogP contribution in [0, 0.1) is 11.3 Å². The number of hydrogen-bond acceptors (Lipinski definition) is 4. The van der Waals surface area contributed by atoms with E-state index in [-0.39, 0.29) is 11.6 Å². The zero-order valence-corrected chi connectivity index (χ0v) is 11.8. The Balaban J connectivity index is 1.69. The molecule has 0 N–H and O–H groups in total. The summed E-state index contributed by atoms with van der Waals surface area (Å²) in [7, 11) is 0. The van der Waals surface area contributed by atoms with Gasteiger partial charge in [0, 0.05) is 18.4 Å². The molecule has 0 aromatic heterocycles. The molecule has 3 saturated heterocycles. The zero-order chi connectivity index (χ0) is 12.4. The second kappa shape index (κ2) is 5.40. The van der Waals surface area contributed by atoms with Gasteiger partial charge in [-0.15, -0.1) is 0 Å². The van der Waals surface area contributed by atoms with Crippen LogP contribution in [0.25, 0.3) is 0 Å². The Labute approximate surface area is 114 Å². The number of rotatable bonds is 1. The first-order valence-electron chi connectivity index (χ1n) is 7.20. The SMILES string of the molecule is N#CC1CCCCN1C1CCOC2(CCSC2)C1. The third-order valence-corrected chi connectivity index (χ3v) is 5.92. The standard InChI is InChI=1S/C14H22N2OS/c15-10-13-3-1-2-6-16(13)12-4-7-17-14(9-12)5-8-18-11-14/h12-13H,1-9,11H2. The van der Waals surface area contributed by atoms with E-state index in [1.165, 1.54) is 25.0 Å². The summed E-state index contributed by atoms with van der Waals surface area (Å²) in [4.78, 5) is 2.48. The van der Waals surface area contributed by atoms with E-state index in [0.717, 1.165) is 38.2 Å². The van der Waals surface area contributed by atoms with Crippen LogP contribution >= 0.6 is 11.8 Å². The van der Waals surface area contributed by atoms with E-state index in [9.17, 15) is 5.26 Å². The highest BCUT2D eigenvalue weighted by Gasteiger charge is 2.43. The van der Waals surface area contributed by atoms with E-state index in [4.69, 9.17) is 4.74 Å².